The highest BCUT2D eigenvalue weighted by Gasteiger charge is 2.32. The van der Waals surface area contributed by atoms with Crippen LogP contribution in [0.5, 0.6) is 0 Å². The standard InChI is InChI=1S/C18H28N2O3/c21-8-5-15-11-19(13-17(15)14-22)12-16-3-1-2-4-18(16)20-6-9-23-10-7-20/h1-4,15,17,21-22H,5-14H2. The van der Waals surface area contributed by atoms with Crippen LogP contribution >= 0.6 is 0 Å². The SMILES string of the molecule is OCCC1CN(Cc2ccccc2N2CCOCC2)CC1CO. The summed E-state index contributed by atoms with van der Waals surface area (Å²) < 4.78 is 5.46. The number of hydrogen-bond donors (Lipinski definition) is 2. The molecular formula is C18H28N2O3. The zero-order valence-electron chi connectivity index (χ0n) is 13.7. The highest BCUT2D eigenvalue weighted by atomic mass is 16.5. The van der Waals surface area contributed by atoms with E-state index in [1.54, 1.807) is 0 Å². The van der Waals surface area contributed by atoms with E-state index in [4.69, 9.17) is 4.74 Å². The van der Waals surface area contributed by atoms with E-state index in [9.17, 15) is 10.2 Å². The lowest BCUT2D eigenvalue weighted by Crippen LogP contribution is -2.37. The minimum absolute atomic E-state index is 0.208. The summed E-state index contributed by atoms with van der Waals surface area (Å²) in [5, 5.41) is 18.8. The number of benzene rings is 1. The summed E-state index contributed by atoms with van der Waals surface area (Å²) in [7, 11) is 0. The average Bonchev–Trinajstić information content (AvgIpc) is 2.98. The van der Waals surface area contributed by atoms with Gasteiger partial charge in [0.15, 0.2) is 0 Å². The molecular weight excluding hydrogens is 292 g/mol. The number of aliphatic hydroxyl groups is 2. The number of rotatable bonds is 6. The largest absolute Gasteiger partial charge is 0.396 e. The van der Waals surface area contributed by atoms with E-state index in [2.05, 4.69) is 34.1 Å². The minimum Gasteiger partial charge on any atom is -0.396 e. The molecule has 0 spiro atoms. The Morgan fingerprint density at radius 3 is 2.52 bits per heavy atom. The molecule has 2 saturated heterocycles. The summed E-state index contributed by atoms with van der Waals surface area (Å²) >= 11 is 0. The monoisotopic (exact) mass is 320 g/mol. The van der Waals surface area contributed by atoms with E-state index in [1.807, 2.05) is 0 Å². The third-order valence-corrected chi connectivity index (χ3v) is 5.12. The van der Waals surface area contributed by atoms with Crippen molar-refractivity contribution >= 4 is 5.69 Å². The van der Waals surface area contributed by atoms with Gasteiger partial charge in [0.05, 0.1) is 13.2 Å². The fraction of sp³-hybridized carbons (Fsp3) is 0.667. The maximum Gasteiger partial charge on any atom is 0.0642 e. The van der Waals surface area contributed by atoms with Crippen LogP contribution in [0, 0.1) is 11.8 Å². The molecule has 2 fully saturated rings. The second-order valence-electron chi connectivity index (χ2n) is 6.64. The van der Waals surface area contributed by atoms with Crippen molar-refractivity contribution in [2.24, 2.45) is 11.8 Å². The van der Waals surface area contributed by atoms with Gasteiger partial charge >= 0.3 is 0 Å². The van der Waals surface area contributed by atoms with E-state index < -0.39 is 0 Å². The lowest BCUT2D eigenvalue weighted by atomic mass is 9.94. The summed E-state index contributed by atoms with van der Waals surface area (Å²) in [6, 6.07) is 8.61. The van der Waals surface area contributed by atoms with E-state index in [0.29, 0.717) is 5.92 Å². The Hall–Kier alpha value is -1.14. The van der Waals surface area contributed by atoms with Crippen LogP contribution in [0.2, 0.25) is 0 Å². The van der Waals surface area contributed by atoms with Gasteiger partial charge in [-0.2, -0.15) is 0 Å². The Morgan fingerprint density at radius 2 is 1.78 bits per heavy atom. The van der Waals surface area contributed by atoms with Crippen LogP contribution in [-0.4, -0.2) is 67.7 Å². The van der Waals surface area contributed by atoms with Gasteiger partial charge in [-0.25, -0.2) is 0 Å². The highest BCUT2D eigenvalue weighted by Crippen LogP contribution is 2.29. The number of morpholine rings is 1. The molecule has 2 N–H and O–H groups in total. The first-order valence-electron chi connectivity index (χ1n) is 8.66. The number of ether oxygens (including phenoxy) is 1. The van der Waals surface area contributed by atoms with Crippen molar-refractivity contribution in [1.29, 1.82) is 0 Å². The molecule has 0 amide bonds. The molecule has 5 nitrogen and oxygen atoms in total. The van der Waals surface area contributed by atoms with Gasteiger partial charge in [0, 0.05) is 51.6 Å². The van der Waals surface area contributed by atoms with Crippen LogP contribution in [0.25, 0.3) is 0 Å². The summed E-state index contributed by atoms with van der Waals surface area (Å²) in [6.07, 6.45) is 0.785. The van der Waals surface area contributed by atoms with Crippen molar-refractivity contribution in [2.45, 2.75) is 13.0 Å². The van der Waals surface area contributed by atoms with Crippen LogP contribution in [0.15, 0.2) is 24.3 Å². The molecule has 1 aromatic rings. The van der Waals surface area contributed by atoms with Gasteiger partial charge in [0.25, 0.3) is 0 Å². The second-order valence-corrected chi connectivity index (χ2v) is 6.64. The van der Waals surface area contributed by atoms with Gasteiger partial charge in [-0.3, -0.25) is 4.90 Å². The Labute approximate surface area is 138 Å². The smallest absolute Gasteiger partial charge is 0.0642 e. The molecule has 3 rings (SSSR count). The molecule has 2 atom stereocenters. The molecule has 2 aliphatic heterocycles. The van der Waals surface area contributed by atoms with Gasteiger partial charge in [-0.15, -0.1) is 0 Å². The van der Waals surface area contributed by atoms with E-state index >= 15 is 0 Å². The predicted molar refractivity (Wildman–Crippen MR) is 90.5 cm³/mol. The Balaban J connectivity index is 1.68. The topological polar surface area (TPSA) is 56.2 Å². The van der Waals surface area contributed by atoms with Crippen LogP contribution in [0.4, 0.5) is 5.69 Å². The first-order valence-corrected chi connectivity index (χ1v) is 8.66. The number of likely N-dealkylation sites (tertiary alicyclic amines) is 1. The third-order valence-electron chi connectivity index (χ3n) is 5.12. The van der Waals surface area contributed by atoms with Gasteiger partial charge in [0.1, 0.15) is 0 Å². The number of anilines is 1. The first-order chi connectivity index (χ1) is 11.3. The predicted octanol–water partition coefficient (Wildman–Crippen LogP) is 0.946. The summed E-state index contributed by atoms with van der Waals surface area (Å²) in [5.74, 6) is 0.693. The van der Waals surface area contributed by atoms with Crippen LogP contribution < -0.4 is 4.90 Å². The lowest BCUT2D eigenvalue weighted by Gasteiger charge is -2.31. The van der Waals surface area contributed by atoms with Crippen molar-refractivity contribution in [1.82, 2.24) is 4.90 Å². The van der Waals surface area contributed by atoms with Crippen molar-refractivity contribution < 1.29 is 14.9 Å². The van der Waals surface area contributed by atoms with Gasteiger partial charge in [-0.05, 0) is 29.9 Å². The molecule has 2 aliphatic rings. The molecule has 0 bridgehead atoms. The second kappa shape index (κ2) is 8.11. The summed E-state index contributed by atoms with van der Waals surface area (Å²) in [5.41, 5.74) is 2.65. The van der Waals surface area contributed by atoms with Crippen LogP contribution in [0.3, 0.4) is 0 Å². The average molecular weight is 320 g/mol. The van der Waals surface area contributed by atoms with Crippen molar-refractivity contribution in [2.75, 3.05) is 57.5 Å². The van der Waals surface area contributed by atoms with Gasteiger partial charge < -0.3 is 19.8 Å². The molecule has 0 aliphatic carbocycles. The van der Waals surface area contributed by atoms with Crippen molar-refractivity contribution in [3.8, 4) is 0 Å². The van der Waals surface area contributed by atoms with E-state index in [-0.39, 0.29) is 19.1 Å². The Bertz CT molecular complexity index is 491. The molecule has 0 saturated carbocycles. The molecule has 0 aromatic heterocycles. The van der Waals surface area contributed by atoms with Gasteiger partial charge in [0.2, 0.25) is 0 Å². The molecule has 1 aromatic carbocycles. The summed E-state index contributed by atoms with van der Waals surface area (Å²) in [6.45, 7) is 6.69. The highest BCUT2D eigenvalue weighted by molar-refractivity contribution is 5.54. The first kappa shape index (κ1) is 16.7. The molecule has 128 valence electrons. The molecule has 2 unspecified atom stereocenters. The molecule has 23 heavy (non-hydrogen) atoms. The Kier molecular flexibility index (Phi) is 5.89. The summed E-state index contributed by atoms with van der Waals surface area (Å²) in [4.78, 5) is 4.82. The van der Waals surface area contributed by atoms with Crippen molar-refractivity contribution in [3.05, 3.63) is 29.8 Å². The molecule has 5 heteroatoms. The lowest BCUT2D eigenvalue weighted by molar-refractivity contribution is 0.122. The normalized spacial score (nSPS) is 25.9. The maximum absolute atomic E-state index is 9.57. The minimum atomic E-state index is 0.208. The zero-order chi connectivity index (χ0) is 16.1. The van der Waals surface area contributed by atoms with Gasteiger partial charge in [-0.1, -0.05) is 18.2 Å². The Morgan fingerprint density at radius 1 is 1.04 bits per heavy atom. The third kappa shape index (κ3) is 4.04. The number of para-hydroxylation sites is 1. The zero-order valence-corrected chi connectivity index (χ0v) is 13.7. The number of aliphatic hydroxyl groups excluding tert-OH is 2. The van der Waals surface area contributed by atoms with Crippen LogP contribution in [0.1, 0.15) is 12.0 Å². The quantitative estimate of drug-likeness (QED) is 0.817. The van der Waals surface area contributed by atoms with Crippen LogP contribution in [-0.2, 0) is 11.3 Å². The fourth-order valence-corrected chi connectivity index (χ4v) is 3.86. The van der Waals surface area contributed by atoms with E-state index in [0.717, 1.165) is 52.4 Å². The maximum atomic E-state index is 9.57. The molecule has 0 radical (unpaired) electrons. The number of nitrogens with zero attached hydrogens (tertiary/aromatic N) is 2. The molecule has 2 heterocycles. The van der Waals surface area contributed by atoms with Crippen molar-refractivity contribution in [3.63, 3.8) is 0 Å². The fourth-order valence-electron chi connectivity index (χ4n) is 3.86. The van der Waals surface area contributed by atoms with E-state index in [1.165, 1.54) is 11.3 Å². The number of hydrogen-bond acceptors (Lipinski definition) is 5.